The predicted molar refractivity (Wildman–Crippen MR) is 106 cm³/mol. The minimum Gasteiger partial charge on any atom is -0.480 e. The van der Waals surface area contributed by atoms with Gasteiger partial charge in [0.2, 0.25) is 0 Å². The number of hydrogen-bond donors (Lipinski definition) is 1. The number of hydrogen-bond acceptors (Lipinski definition) is 5. The highest BCUT2D eigenvalue weighted by atomic mass is 35.5. The van der Waals surface area contributed by atoms with Crippen LogP contribution in [0.4, 0.5) is 0 Å². The fourth-order valence-electron chi connectivity index (χ4n) is 2.60. The number of aromatic nitrogens is 2. The Balaban J connectivity index is 1.63. The molecule has 0 spiro atoms. The van der Waals surface area contributed by atoms with Gasteiger partial charge in [-0.25, -0.2) is 10.4 Å². The zero-order chi connectivity index (χ0) is 19.4. The number of nitrogens with zero attached hydrogens (tertiary/aromatic N) is 3. The van der Waals surface area contributed by atoms with Crippen molar-refractivity contribution in [1.82, 2.24) is 15.4 Å². The summed E-state index contributed by atoms with van der Waals surface area (Å²) in [5.74, 6) is 0.278. The largest absolute Gasteiger partial charge is 0.480 e. The Morgan fingerprint density at radius 1 is 1.22 bits per heavy atom. The summed E-state index contributed by atoms with van der Waals surface area (Å²) >= 11 is 6.02. The number of amides is 1. The number of halogens is 1. The van der Waals surface area contributed by atoms with Gasteiger partial charge in [-0.3, -0.25) is 9.78 Å². The van der Waals surface area contributed by atoms with Crippen molar-refractivity contribution < 1.29 is 9.53 Å². The Labute approximate surface area is 162 Å². The van der Waals surface area contributed by atoms with Crippen LogP contribution in [0.5, 0.6) is 5.75 Å². The van der Waals surface area contributed by atoms with Gasteiger partial charge in [-0.15, -0.1) is 0 Å². The molecule has 0 bridgehead atoms. The first kappa shape index (κ1) is 18.8. The molecule has 1 heterocycles. The number of nitrogens with one attached hydrogen (secondary N) is 1. The van der Waals surface area contributed by atoms with Crippen molar-refractivity contribution in [3.8, 4) is 5.75 Å². The topological polar surface area (TPSA) is 76.5 Å². The van der Waals surface area contributed by atoms with Crippen LogP contribution in [0.1, 0.15) is 23.7 Å². The molecule has 2 aromatic carbocycles. The monoisotopic (exact) mass is 382 g/mol. The molecule has 3 aromatic rings. The first-order valence-corrected chi connectivity index (χ1v) is 8.80. The summed E-state index contributed by atoms with van der Waals surface area (Å²) in [7, 11) is 0. The Bertz CT molecular complexity index is 997. The Morgan fingerprint density at radius 3 is 2.59 bits per heavy atom. The van der Waals surface area contributed by atoms with E-state index in [9.17, 15) is 4.79 Å². The Hall–Kier alpha value is -2.99. The normalized spacial score (nSPS) is 12.3. The maximum atomic E-state index is 12.2. The summed E-state index contributed by atoms with van der Waals surface area (Å²) in [4.78, 5) is 20.9. The smallest absolute Gasteiger partial charge is 0.280 e. The summed E-state index contributed by atoms with van der Waals surface area (Å²) in [5.41, 5.74) is 6.31. The second kappa shape index (κ2) is 8.14. The lowest BCUT2D eigenvalue weighted by atomic mass is 10.1. The molecule has 0 unspecified atom stereocenters. The molecule has 0 radical (unpaired) electrons. The van der Waals surface area contributed by atoms with Gasteiger partial charge in [-0.05, 0) is 56.2 Å². The number of benzene rings is 2. The fourth-order valence-corrected chi connectivity index (χ4v) is 2.93. The minimum atomic E-state index is -0.719. The van der Waals surface area contributed by atoms with Gasteiger partial charge in [-0.2, -0.15) is 5.10 Å². The third-order valence-electron chi connectivity index (χ3n) is 3.93. The van der Waals surface area contributed by atoms with E-state index in [-0.39, 0.29) is 5.91 Å². The van der Waals surface area contributed by atoms with Gasteiger partial charge in [-0.1, -0.05) is 23.7 Å². The molecule has 1 aromatic heterocycles. The lowest BCUT2D eigenvalue weighted by molar-refractivity contribution is -0.127. The molecule has 0 aliphatic carbocycles. The van der Waals surface area contributed by atoms with Gasteiger partial charge >= 0.3 is 0 Å². The number of hydrazone groups is 1. The van der Waals surface area contributed by atoms with E-state index in [0.29, 0.717) is 16.5 Å². The fraction of sp³-hybridized carbons (Fsp3) is 0.200. The Kier molecular flexibility index (Phi) is 5.66. The lowest BCUT2D eigenvalue weighted by Crippen LogP contribution is -2.33. The number of carbonyl (C=O) groups is 1. The van der Waals surface area contributed by atoms with Gasteiger partial charge in [0.05, 0.1) is 23.4 Å². The number of aryl methyl sites for hydroxylation is 2. The highest BCUT2D eigenvalue weighted by molar-refractivity contribution is 6.30. The highest BCUT2D eigenvalue weighted by Gasteiger charge is 2.16. The van der Waals surface area contributed by atoms with Gasteiger partial charge < -0.3 is 4.74 Å². The molecule has 0 aliphatic heterocycles. The van der Waals surface area contributed by atoms with Crippen molar-refractivity contribution in [2.75, 3.05) is 0 Å². The molecule has 6 nitrogen and oxygen atoms in total. The predicted octanol–water partition coefficient (Wildman–Crippen LogP) is 3.82. The maximum Gasteiger partial charge on any atom is 0.280 e. The molecule has 27 heavy (non-hydrogen) atoms. The summed E-state index contributed by atoms with van der Waals surface area (Å²) in [6.45, 7) is 5.43. The van der Waals surface area contributed by atoms with Crippen LogP contribution in [0, 0.1) is 13.8 Å². The second-order valence-electron chi connectivity index (χ2n) is 6.15. The molecule has 3 rings (SSSR count). The van der Waals surface area contributed by atoms with E-state index in [1.54, 1.807) is 25.3 Å². The van der Waals surface area contributed by atoms with E-state index in [1.807, 2.05) is 38.1 Å². The van der Waals surface area contributed by atoms with E-state index in [2.05, 4.69) is 20.5 Å². The number of carbonyl (C=O) groups excluding carboxylic acids is 1. The third kappa shape index (κ3) is 4.60. The quantitative estimate of drug-likeness (QED) is 0.537. The lowest BCUT2D eigenvalue weighted by Gasteiger charge is -2.17. The van der Waals surface area contributed by atoms with Gasteiger partial charge in [0.1, 0.15) is 11.4 Å². The van der Waals surface area contributed by atoms with Crippen LogP contribution < -0.4 is 10.2 Å². The van der Waals surface area contributed by atoms with Crippen LogP contribution in [0.15, 0.2) is 47.7 Å². The SMILES string of the molecule is Cc1cc(Cl)cc(C)c1O[C@@H](C)C(=O)N/N=C\c1cnc2ccccc2n1. The summed E-state index contributed by atoms with van der Waals surface area (Å²) in [6.07, 6.45) is 2.32. The van der Waals surface area contributed by atoms with Crippen molar-refractivity contribution in [1.29, 1.82) is 0 Å². The zero-order valence-corrected chi connectivity index (χ0v) is 16.0. The average molecular weight is 383 g/mol. The molecule has 0 fully saturated rings. The van der Waals surface area contributed by atoms with E-state index in [1.165, 1.54) is 6.21 Å². The van der Waals surface area contributed by atoms with Crippen LogP contribution in [0.2, 0.25) is 5.02 Å². The molecule has 0 saturated carbocycles. The van der Waals surface area contributed by atoms with Crippen molar-refractivity contribution >= 4 is 34.8 Å². The van der Waals surface area contributed by atoms with Gasteiger partial charge in [0.15, 0.2) is 6.10 Å². The van der Waals surface area contributed by atoms with E-state index < -0.39 is 6.10 Å². The standard InChI is InChI=1S/C20H19ClN4O2/c1-12-8-15(21)9-13(2)19(12)27-14(3)20(26)25-23-11-16-10-22-17-6-4-5-7-18(17)24-16/h4-11,14H,1-3H3,(H,25,26)/b23-11-/t14-/m0/s1. The van der Waals surface area contributed by atoms with Crippen molar-refractivity contribution in [2.45, 2.75) is 26.9 Å². The highest BCUT2D eigenvalue weighted by Crippen LogP contribution is 2.27. The molecular weight excluding hydrogens is 364 g/mol. The van der Waals surface area contributed by atoms with E-state index in [0.717, 1.165) is 22.2 Å². The van der Waals surface area contributed by atoms with Crippen LogP contribution in [-0.4, -0.2) is 28.2 Å². The molecule has 0 aliphatic rings. The van der Waals surface area contributed by atoms with E-state index >= 15 is 0 Å². The van der Waals surface area contributed by atoms with Crippen LogP contribution >= 0.6 is 11.6 Å². The molecule has 1 N–H and O–H groups in total. The van der Waals surface area contributed by atoms with E-state index in [4.69, 9.17) is 16.3 Å². The number of rotatable bonds is 5. The summed E-state index contributed by atoms with van der Waals surface area (Å²) in [6, 6.07) is 11.1. The zero-order valence-electron chi connectivity index (χ0n) is 15.2. The number of fused-ring (bicyclic) bond motifs is 1. The average Bonchev–Trinajstić information content (AvgIpc) is 2.64. The second-order valence-corrected chi connectivity index (χ2v) is 6.58. The number of para-hydroxylation sites is 2. The number of ether oxygens (including phenoxy) is 1. The Morgan fingerprint density at radius 2 is 1.89 bits per heavy atom. The van der Waals surface area contributed by atoms with Crippen LogP contribution in [0.25, 0.3) is 11.0 Å². The molecule has 1 atom stereocenters. The third-order valence-corrected chi connectivity index (χ3v) is 4.15. The first-order valence-electron chi connectivity index (χ1n) is 8.42. The van der Waals surface area contributed by atoms with Crippen molar-refractivity contribution in [3.05, 3.63) is 64.4 Å². The molecule has 0 saturated heterocycles. The molecule has 7 heteroatoms. The maximum absolute atomic E-state index is 12.2. The summed E-state index contributed by atoms with van der Waals surface area (Å²) in [5, 5.41) is 4.58. The minimum absolute atomic E-state index is 0.367. The first-order chi connectivity index (χ1) is 12.9. The van der Waals surface area contributed by atoms with Gasteiger partial charge in [0, 0.05) is 5.02 Å². The van der Waals surface area contributed by atoms with Crippen LogP contribution in [-0.2, 0) is 4.79 Å². The van der Waals surface area contributed by atoms with Crippen LogP contribution in [0.3, 0.4) is 0 Å². The van der Waals surface area contributed by atoms with Crippen molar-refractivity contribution in [3.63, 3.8) is 0 Å². The van der Waals surface area contributed by atoms with Gasteiger partial charge in [0.25, 0.3) is 5.91 Å². The molecule has 1 amide bonds. The van der Waals surface area contributed by atoms with Crippen molar-refractivity contribution in [2.24, 2.45) is 5.10 Å². The molecular formula is C20H19ClN4O2. The summed E-state index contributed by atoms with van der Waals surface area (Å²) < 4.78 is 5.78. The molecule has 138 valence electrons.